The van der Waals surface area contributed by atoms with Gasteiger partial charge in [0.25, 0.3) is 5.91 Å². The number of carbonyl (C=O) groups excluding carboxylic acids is 2. The quantitative estimate of drug-likeness (QED) is 0.290. The zero-order valence-corrected chi connectivity index (χ0v) is 23.9. The van der Waals surface area contributed by atoms with E-state index in [0.717, 1.165) is 49.7 Å². The molecular formula is C33H34N4O5. The fraction of sp³-hybridized carbons (Fsp3) is 0.303. The molecule has 9 nitrogen and oxygen atoms in total. The average molecular weight is 567 g/mol. The molecule has 6 rings (SSSR count). The first-order chi connectivity index (χ1) is 20.4. The smallest absolute Gasteiger partial charge is 0.261 e. The van der Waals surface area contributed by atoms with Crippen molar-refractivity contribution in [3.63, 3.8) is 0 Å². The number of rotatable bonds is 8. The van der Waals surface area contributed by atoms with Crippen molar-refractivity contribution in [2.45, 2.75) is 39.5 Å². The van der Waals surface area contributed by atoms with Crippen LogP contribution in [0.3, 0.4) is 0 Å². The Morgan fingerprint density at radius 2 is 1.74 bits per heavy atom. The van der Waals surface area contributed by atoms with Gasteiger partial charge in [-0.05, 0) is 93.6 Å². The minimum atomic E-state index is -0.523. The number of primary amides is 1. The second-order valence-electron chi connectivity index (χ2n) is 10.4. The van der Waals surface area contributed by atoms with E-state index in [4.69, 9.17) is 24.6 Å². The van der Waals surface area contributed by atoms with Gasteiger partial charge in [-0.15, -0.1) is 0 Å². The molecule has 3 N–H and O–H groups in total. The summed E-state index contributed by atoms with van der Waals surface area (Å²) in [5.74, 6) is 0.237. The number of nitrogens with two attached hydrogens (primary N) is 1. The molecule has 2 aliphatic heterocycles. The predicted molar refractivity (Wildman–Crippen MR) is 162 cm³/mol. The van der Waals surface area contributed by atoms with Gasteiger partial charge in [0, 0.05) is 41.4 Å². The van der Waals surface area contributed by atoms with Gasteiger partial charge in [0.1, 0.15) is 22.6 Å². The maximum absolute atomic E-state index is 13.9. The minimum absolute atomic E-state index is 0.176. The average Bonchev–Trinajstić information content (AvgIpc) is 2.99. The highest BCUT2D eigenvalue weighted by Crippen LogP contribution is 2.40. The summed E-state index contributed by atoms with van der Waals surface area (Å²) in [4.78, 5) is 32.7. The molecule has 3 heterocycles. The van der Waals surface area contributed by atoms with Crippen molar-refractivity contribution < 1.29 is 23.5 Å². The van der Waals surface area contributed by atoms with Crippen molar-refractivity contribution in [3.8, 4) is 11.5 Å². The summed E-state index contributed by atoms with van der Waals surface area (Å²) >= 11 is 0. The molecule has 0 saturated heterocycles. The van der Waals surface area contributed by atoms with Crippen LogP contribution in [-0.2, 0) is 12.8 Å². The molecule has 0 saturated carbocycles. The third-order valence-electron chi connectivity index (χ3n) is 7.67. The molecule has 4 aromatic rings. The second-order valence-corrected chi connectivity index (χ2v) is 10.4. The van der Waals surface area contributed by atoms with E-state index in [9.17, 15) is 9.59 Å². The first-order valence-corrected chi connectivity index (χ1v) is 14.5. The zero-order valence-electron chi connectivity index (χ0n) is 23.9. The van der Waals surface area contributed by atoms with Crippen molar-refractivity contribution in [2.24, 2.45) is 10.7 Å². The summed E-state index contributed by atoms with van der Waals surface area (Å²) in [5, 5.41) is 3.87. The van der Waals surface area contributed by atoms with E-state index in [1.165, 1.54) is 16.8 Å². The molecule has 0 aliphatic carbocycles. The number of hydrogen-bond donors (Lipinski definition) is 2. The SMILES string of the molecule is CCOc1ccc(OCC)c(NC(=O)c2cc3cc4c5c(c3oc2=Nc2ccc(C(N)=O)cc2)CCCN5CCC4)c1. The fourth-order valence-electron chi connectivity index (χ4n) is 5.85. The normalized spacial score (nSPS) is 14.4. The van der Waals surface area contributed by atoms with E-state index in [-0.39, 0.29) is 11.1 Å². The Bertz CT molecular complexity index is 1740. The van der Waals surface area contributed by atoms with Crippen LogP contribution in [0.1, 0.15) is 58.5 Å². The van der Waals surface area contributed by atoms with Crippen molar-refractivity contribution in [3.05, 3.63) is 82.4 Å². The highest BCUT2D eigenvalue weighted by atomic mass is 16.5. The molecule has 3 aromatic carbocycles. The number of anilines is 2. The molecule has 2 amide bonds. The Labute approximate surface area is 243 Å². The standard InChI is InChI=1S/C33H34N4O5/c1-3-40-24-13-14-28(41-4-2)27(19-24)36-32(39)26-18-22-17-21-7-5-15-37-16-6-8-25(29(21)37)30(22)42-33(26)35-23-11-9-20(10-12-23)31(34)38/h9-14,17-19H,3-8,15-16H2,1-2H3,(H2,34,38)(H,36,39). The Morgan fingerprint density at radius 1 is 0.976 bits per heavy atom. The third kappa shape index (κ3) is 5.30. The van der Waals surface area contributed by atoms with Crippen LogP contribution in [-0.4, -0.2) is 38.1 Å². The molecule has 9 heteroatoms. The maximum atomic E-state index is 13.9. The lowest BCUT2D eigenvalue weighted by molar-refractivity contribution is 0.0997. The third-order valence-corrected chi connectivity index (χ3v) is 7.67. The van der Waals surface area contributed by atoms with Crippen LogP contribution in [0.4, 0.5) is 17.1 Å². The van der Waals surface area contributed by atoms with E-state index in [0.29, 0.717) is 41.7 Å². The van der Waals surface area contributed by atoms with Gasteiger partial charge in [-0.1, -0.05) is 0 Å². The van der Waals surface area contributed by atoms with Crippen molar-refractivity contribution in [2.75, 3.05) is 36.5 Å². The van der Waals surface area contributed by atoms with E-state index in [1.807, 2.05) is 26.0 Å². The number of amides is 2. The van der Waals surface area contributed by atoms with Gasteiger partial charge in [-0.25, -0.2) is 4.99 Å². The summed E-state index contributed by atoms with van der Waals surface area (Å²) in [6.07, 6.45) is 4.05. The van der Waals surface area contributed by atoms with Crippen molar-refractivity contribution in [1.82, 2.24) is 0 Å². The van der Waals surface area contributed by atoms with Crippen LogP contribution < -0.4 is 31.0 Å². The lowest BCUT2D eigenvalue weighted by atomic mass is 9.90. The van der Waals surface area contributed by atoms with Gasteiger partial charge in [0.2, 0.25) is 11.5 Å². The highest BCUT2D eigenvalue weighted by molar-refractivity contribution is 6.06. The first-order valence-electron chi connectivity index (χ1n) is 14.5. The number of carbonyl (C=O) groups is 2. The Balaban J connectivity index is 1.51. The maximum Gasteiger partial charge on any atom is 0.261 e. The lowest BCUT2D eigenvalue weighted by Crippen LogP contribution is -2.34. The van der Waals surface area contributed by atoms with Crippen LogP contribution in [0.15, 0.2) is 64.0 Å². The zero-order chi connectivity index (χ0) is 29.2. The number of benzene rings is 3. The van der Waals surface area contributed by atoms with Crippen LogP contribution >= 0.6 is 0 Å². The summed E-state index contributed by atoms with van der Waals surface area (Å²) in [5.41, 5.74) is 11.7. The topological polar surface area (TPSA) is 119 Å². The van der Waals surface area contributed by atoms with Crippen LogP contribution in [0.2, 0.25) is 0 Å². The molecule has 0 atom stereocenters. The largest absolute Gasteiger partial charge is 0.494 e. The molecule has 0 spiro atoms. The number of fused-ring (bicyclic) bond motifs is 2. The number of nitrogens with one attached hydrogen (secondary N) is 1. The monoisotopic (exact) mass is 566 g/mol. The molecule has 216 valence electrons. The van der Waals surface area contributed by atoms with E-state index in [1.54, 1.807) is 36.4 Å². The predicted octanol–water partition coefficient (Wildman–Crippen LogP) is 5.51. The number of hydrogen-bond acceptors (Lipinski definition) is 7. The van der Waals surface area contributed by atoms with Crippen LogP contribution in [0, 0.1) is 0 Å². The minimum Gasteiger partial charge on any atom is -0.494 e. The van der Waals surface area contributed by atoms with Crippen molar-refractivity contribution in [1.29, 1.82) is 0 Å². The van der Waals surface area contributed by atoms with Gasteiger partial charge < -0.3 is 29.8 Å². The lowest BCUT2D eigenvalue weighted by Gasteiger charge is -2.37. The first kappa shape index (κ1) is 27.4. The van der Waals surface area contributed by atoms with Crippen LogP contribution in [0.25, 0.3) is 11.0 Å². The summed E-state index contributed by atoms with van der Waals surface area (Å²) in [7, 11) is 0. The van der Waals surface area contributed by atoms with E-state index >= 15 is 0 Å². The van der Waals surface area contributed by atoms with Gasteiger partial charge in [-0.2, -0.15) is 0 Å². The Hall–Kier alpha value is -4.79. The highest BCUT2D eigenvalue weighted by Gasteiger charge is 2.27. The molecule has 0 radical (unpaired) electrons. The molecule has 0 fully saturated rings. The summed E-state index contributed by atoms with van der Waals surface area (Å²) in [6.45, 7) is 6.80. The van der Waals surface area contributed by atoms with Crippen LogP contribution in [0.5, 0.6) is 11.5 Å². The molecule has 2 aliphatic rings. The van der Waals surface area contributed by atoms with Gasteiger partial charge >= 0.3 is 0 Å². The summed E-state index contributed by atoms with van der Waals surface area (Å²) < 4.78 is 18.0. The Kier molecular flexibility index (Phi) is 7.56. The van der Waals surface area contributed by atoms with E-state index in [2.05, 4.69) is 16.3 Å². The molecule has 42 heavy (non-hydrogen) atoms. The Morgan fingerprint density at radius 3 is 2.48 bits per heavy atom. The van der Waals surface area contributed by atoms with Gasteiger partial charge in [0.05, 0.1) is 24.6 Å². The summed E-state index contributed by atoms with van der Waals surface area (Å²) in [6, 6.07) is 15.9. The number of aryl methyl sites for hydroxylation is 2. The van der Waals surface area contributed by atoms with Crippen molar-refractivity contribution >= 4 is 39.8 Å². The number of nitrogens with zero attached hydrogens (tertiary/aromatic N) is 2. The van der Waals surface area contributed by atoms with Gasteiger partial charge in [-0.3, -0.25) is 9.59 Å². The molecule has 1 aromatic heterocycles. The number of ether oxygens (including phenoxy) is 2. The molecular weight excluding hydrogens is 532 g/mol. The molecule has 0 unspecified atom stereocenters. The molecule has 0 bridgehead atoms. The second kappa shape index (κ2) is 11.6. The van der Waals surface area contributed by atoms with Gasteiger partial charge in [0.15, 0.2) is 0 Å². The van der Waals surface area contributed by atoms with E-state index < -0.39 is 11.8 Å². The fourth-order valence-corrected chi connectivity index (χ4v) is 5.85.